The molecule has 4 aromatic rings. The highest BCUT2D eigenvalue weighted by Gasteiger charge is 2.21. The van der Waals surface area contributed by atoms with Gasteiger partial charge in [0.25, 0.3) is 0 Å². The lowest BCUT2D eigenvalue weighted by atomic mass is 9.97. The Bertz CT molecular complexity index is 1480. The van der Waals surface area contributed by atoms with Crippen molar-refractivity contribution in [2.45, 2.75) is 4.90 Å². The molecular formula is C24H22N4O6S. The molecule has 0 saturated heterocycles. The highest BCUT2D eigenvalue weighted by Crippen LogP contribution is 2.39. The lowest BCUT2D eigenvalue weighted by Crippen LogP contribution is -2.12. The predicted octanol–water partition coefficient (Wildman–Crippen LogP) is 2.84. The highest BCUT2D eigenvalue weighted by atomic mass is 32.2. The van der Waals surface area contributed by atoms with Crippen LogP contribution >= 0.6 is 0 Å². The van der Waals surface area contributed by atoms with Gasteiger partial charge in [-0.3, -0.25) is 4.79 Å². The summed E-state index contributed by atoms with van der Waals surface area (Å²) in [4.78, 5) is 17.6. The first kappa shape index (κ1) is 23.9. The number of aromatic nitrogens is 3. The molecule has 0 spiro atoms. The number of carbonyl (C=O) groups excluding carboxylic acids is 1. The summed E-state index contributed by atoms with van der Waals surface area (Å²) in [6.07, 6.45) is 2.81. The third kappa shape index (κ3) is 4.72. The van der Waals surface area contributed by atoms with Gasteiger partial charge in [0.2, 0.25) is 15.8 Å². The van der Waals surface area contributed by atoms with E-state index in [0.717, 1.165) is 0 Å². The number of primary sulfonamides is 1. The fourth-order valence-corrected chi connectivity index (χ4v) is 4.21. The second-order valence-corrected chi connectivity index (χ2v) is 8.95. The molecular weight excluding hydrogens is 472 g/mol. The fraction of sp³-hybridized carbons (Fsp3) is 0.125. The Morgan fingerprint density at radius 3 is 2.17 bits per heavy atom. The molecule has 0 aliphatic carbocycles. The second kappa shape index (κ2) is 9.57. The Hall–Kier alpha value is -4.22. The van der Waals surface area contributed by atoms with Gasteiger partial charge >= 0.3 is 0 Å². The number of nitrogens with two attached hydrogens (primary N) is 1. The van der Waals surface area contributed by atoms with Crippen molar-refractivity contribution in [1.29, 1.82) is 0 Å². The summed E-state index contributed by atoms with van der Waals surface area (Å²) < 4.78 is 41.2. The monoisotopic (exact) mass is 494 g/mol. The van der Waals surface area contributed by atoms with Gasteiger partial charge in [-0.15, -0.1) is 0 Å². The molecule has 35 heavy (non-hydrogen) atoms. The van der Waals surface area contributed by atoms with E-state index < -0.39 is 10.0 Å². The first-order valence-corrected chi connectivity index (χ1v) is 11.8. The minimum Gasteiger partial charge on any atom is -0.493 e. The summed E-state index contributed by atoms with van der Waals surface area (Å²) >= 11 is 0. The predicted molar refractivity (Wildman–Crippen MR) is 128 cm³/mol. The summed E-state index contributed by atoms with van der Waals surface area (Å²) in [5, 5.41) is 9.46. The van der Waals surface area contributed by atoms with Crippen LogP contribution in [-0.2, 0) is 10.0 Å². The van der Waals surface area contributed by atoms with Gasteiger partial charge in [0.05, 0.1) is 31.9 Å². The zero-order valence-corrected chi connectivity index (χ0v) is 19.9. The molecule has 0 atom stereocenters. The molecule has 180 valence electrons. The standard InChI is InChI=1S/C24H22N4O6S/c1-32-21-11-17(12-22(33-2)24(21)34-3)23(29)19-8-7-16(10-20(19)28-14-26-13-27-28)15-5-4-6-18(9-15)35(25,30)31/h4-14H,1-3H3,(H2,25,30,31). The molecule has 0 aliphatic heterocycles. The van der Waals surface area contributed by atoms with Gasteiger partial charge in [-0.25, -0.2) is 23.2 Å². The summed E-state index contributed by atoms with van der Waals surface area (Å²) in [5.74, 6) is 0.732. The summed E-state index contributed by atoms with van der Waals surface area (Å²) in [7, 11) is 0.540. The molecule has 0 radical (unpaired) electrons. The Labute approximate surface area is 201 Å². The largest absolute Gasteiger partial charge is 0.493 e. The van der Waals surface area contributed by atoms with E-state index >= 15 is 0 Å². The molecule has 0 aliphatic rings. The molecule has 3 aromatic carbocycles. The van der Waals surface area contributed by atoms with Crippen molar-refractivity contribution in [1.82, 2.24) is 14.8 Å². The lowest BCUT2D eigenvalue weighted by molar-refractivity contribution is 0.103. The van der Waals surface area contributed by atoms with E-state index in [0.29, 0.717) is 45.2 Å². The Balaban J connectivity index is 1.86. The number of methoxy groups -OCH3 is 3. The maximum Gasteiger partial charge on any atom is 0.238 e. The topological polar surface area (TPSA) is 136 Å². The van der Waals surface area contributed by atoms with Crippen molar-refractivity contribution in [3.8, 4) is 34.1 Å². The van der Waals surface area contributed by atoms with Crippen LogP contribution in [-0.4, -0.2) is 50.3 Å². The van der Waals surface area contributed by atoms with Gasteiger partial charge in [-0.1, -0.05) is 18.2 Å². The number of benzene rings is 3. The molecule has 0 amide bonds. The van der Waals surface area contributed by atoms with Crippen molar-refractivity contribution >= 4 is 15.8 Å². The smallest absolute Gasteiger partial charge is 0.238 e. The van der Waals surface area contributed by atoms with Crippen LogP contribution in [0.1, 0.15) is 15.9 Å². The van der Waals surface area contributed by atoms with E-state index in [1.165, 1.54) is 50.8 Å². The highest BCUT2D eigenvalue weighted by molar-refractivity contribution is 7.89. The van der Waals surface area contributed by atoms with Crippen LogP contribution in [0.5, 0.6) is 17.2 Å². The Kier molecular flexibility index (Phi) is 6.54. The molecule has 1 heterocycles. The van der Waals surface area contributed by atoms with Crippen molar-refractivity contribution < 1.29 is 27.4 Å². The van der Waals surface area contributed by atoms with Crippen LogP contribution in [0.4, 0.5) is 0 Å². The number of carbonyl (C=O) groups is 1. The van der Waals surface area contributed by atoms with Gasteiger partial charge in [0, 0.05) is 11.1 Å². The quantitative estimate of drug-likeness (QED) is 0.369. The third-order valence-corrected chi connectivity index (χ3v) is 6.24. The van der Waals surface area contributed by atoms with Gasteiger partial charge in [0.1, 0.15) is 12.7 Å². The Morgan fingerprint density at radius 1 is 0.914 bits per heavy atom. The van der Waals surface area contributed by atoms with Crippen LogP contribution < -0.4 is 19.3 Å². The van der Waals surface area contributed by atoms with Crippen molar-refractivity contribution in [2.75, 3.05) is 21.3 Å². The molecule has 4 rings (SSSR count). The number of nitrogens with zero attached hydrogens (tertiary/aromatic N) is 3. The molecule has 0 saturated carbocycles. The molecule has 0 bridgehead atoms. The maximum absolute atomic E-state index is 13.6. The lowest BCUT2D eigenvalue weighted by Gasteiger charge is -2.15. The normalized spacial score (nSPS) is 11.2. The van der Waals surface area contributed by atoms with E-state index in [9.17, 15) is 13.2 Å². The summed E-state index contributed by atoms with van der Waals surface area (Å²) in [6.45, 7) is 0. The van der Waals surface area contributed by atoms with E-state index in [4.69, 9.17) is 19.3 Å². The number of sulfonamides is 1. The van der Waals surface area contributed by atoms with Gasteiger partial charge in [0.15, 0.2) is 17.3 Å². The zero-order chi connectivity index (χ0) is 25.2. The molecule has 2 N–H and O–H groups in total. The minimum atomic E-state index is -3.88. The number of rotatable bonds is 8. The third-order valence-electron chi connectivity index (χ3n) is 5.33. The second-order valence-electron chi connectivity index (χ2n) is 7.39. The van der Waals surface area contributed by atoms with Crippen molar-refractivity contribution in [3.05, 3.63) is 78.4 Å². The first-order chi connectivity index (χ1) is 16.8. The number of hydrogen-bond donors (Lipinski definition) is 1. The SMILES string of the molecule is COc1cc(C(=O)c2ccc(-c3cccc(S(N)(=O)=O)c3)cc2-n2cncn2)cc(OC)c1OC. The maximum atomic E-state index is 13.6. The average molecular weight is 495 g/mol. The van der Waals surface area contributed by atoms with Crippen molar-refractivity contribution in [3.63, 3.8) is 0 Å². The Morgan fingerprint density at radius 2 is 1.60 bits per heavy atom. The van der Waals surface area contributed by atoms with Crippen molar-refractivity contribution in [2.24, 2.45) is 5.14 Å². The van der Waals surface area contributed by atoms with E-state index in [1.807, 2.05) is 0 Å². The molecule has 1 aromatic heterocycles. The molecule has 0 fully saturated rings. The van der Waals surface area contributed by atoms with Crippen LogP contribution in [0.3, 0.4) is 0 Å². The number of ether oxygens (including phenoxy) is 3. The summed E-state index contributed by atoms with van der Waals surface area (Å²) in [5.41, 5.74) is 2.34. The molecule has 0 unspecified atom stereocenters. The summed E-state index contributed by atoms with van der Waals surface area (Å²) in [6, 6.07) is 14.4. The van der Waals surface area contributed by atoms with E-state index in [1.54, 1.807) is 42.5 Å². The molecule has 10 nitrogen and oxygen atoms in total. The van der Waals surface area contributed by atoms with Gasteiger partial charge in [-0.05, 0) is 47.5 Å². The van der Waals surface area contributed by atoms with Gasteiger partial charge in [-0.2, -0.15) is 5.10 Å². The first-order valence-electron chi connectivity index (χ1n) is 10.2. The minimum absolute atomic E-state index is 0.0186. The number of hydrogen-bond acceptors (Lipinski definition) is 8. The number of ketones is 1. The van der Waals surface area contributed by atoms with Crippen LogP contribution in [0.15, 0.2) is 72.1 Å². The van der Waals surface area contributed by atoms with E-state index in [-0.39, 0.29) is 10.7 Å². The van der Waals surface area contributed by atoms with Crippen LogP contribution in [0.25, 0.3) is 16.8 Å². The van der Waals surface area contributed by atoms with E-state index in [2.05, 4.69) is 10.1 Å². The van der Waals surface area contributed by atoms with Gasteiger partial charge < -0.3 is 14.2 Å². The van der Waals surface area contributed by atoms with Crippen LogP contribution in [0.2, 0.25) is 0 Å². The van der Waals surface area contributed by atoms with Crippen LogP contribution in [0, 0.1) is 0 Å². The fourth-order valence-electron chi connectivity index (χ4n) is 3.65. The average Bonchev–Trinajstić information content (AvgIpc) is 3.41. The molecule has 11 heteroatoms. The zero-order valence-electron chi connectivity index (χ0n) is 19.1.